The monoisotopic (exact) mass is 247 g/mol. The van der Waals surface area contributed by atoms with Crippen molar-refractivity contribution in [2.75, 3.05) is 0 Å². The second-order valence-corrected chi connectivity index (χ2v) is 5.36. The van der Waals surface area contributed by atoms with Crippen LogP contribution in [-0.2, 0) is 13.2 Å². The Labute approximate surface area is 106 Å². The van der Waals surface area contributed by atoms with E-state index in [1.54, 1.807) is 11.3 Å². The fourth-order valence-electron chi connectivity index (χ4n) is 1.57. The van der Waals surface area contributed by atoms with Gasteiger partial charge in [0, 0.05) is 16.3 Å². The maximum absolute atomic E-state index is 5.76. The standard InChI is InChI=1S/C14H17NOS/c1-10-3-4-12(7-11(10)2)16-9-14-6-5-13(8-15)17-14/h3-7H,8-9,15H2,1-2H3. The van der Waals surface area contributed by atoms with E-state index in [2.05, 4.69) is 38.1 Å². The zero-order valence-electron chi connectivity index (χ0n) is 10.2. The molecule has 1 aromatic carbocycles. The summed E-state index contributed by atoms with van der Waals surface area (Å²) in [7, 11) is 0. The first-order valence-corrected chi connectivity index (χ1v) is 6.48. The van der Waals surface area contributed by atoms with E-state index in [1.165, 1.54) is 20.9 Å². The van der Waals surface area contributed by atoms with E-state index in [0.29, 0.717) is 13.2 Å². The molecule has 2 rings (SSSR count). The number of thiophene rings is 1. The average molecular weight is 247 g/mol. The van der Waals surface area contributed by atoms with Crippen molar-refractivity contribution in [3.63, 3.8) is 0 Å². The molecule has 0 spiro atoms. The summed E-state index contributed by atoms with van der Waals surface area (Å²) in [5.74, 6) is 0.927. The van der Waals surface area contributed by atoms with Crippen molar-refractivity contribution in [1.29, 1.82) is 0 Å². The minimum Gasteiger partial charge on any atom is -0.488 e. The maximum atomic E-state index is 5.76. The highest BCUT2D eigenvalue weighted by Crippen LogP contribution is 2.20. The molecule has 1 aromatic heterocycles. The minimum absolute atomic E-state index is 0.605. The second-order valence-electron chi connectivity index (χ2n) is 4.11. The van der Waals surface area contributed by atoms with Crippen LogP contribution in [-0.4, -0.2) is 0 Å². The summed E-state index contributed by atoms with van der Waals surface area (Å²) >= 11 is 1.71. The molecule has 2 N–H and O–H groups in total. The van der Waals surface area contributed by atoms with E-state index < -0.39 is 0 Å². The zero-order valence-corrected chi connectivity index (χ0v) is 11.0. The first kappa shape index (κ1) is 12.1. The predicted molar refractivity (Wildman–Crippen MR) is 72.5 cm³/mol. The van der Waals surface area contributed by atoms with Gasteiger partial charge >= 0.3 is 0 Å². The van der Waals surface area contributed by atoms with E-state index in [4.69, 9.17) is 10.5 Å². The Balaban J connectivity index is 1.99. The van der Waals surface area contributed by atoms with Gasteiger partial charge in [0.15, 0.2) is 0 Å². The summed E-state index contributed by atoms with van der Waals surface area (Å²) < 4.78 is 5.76. The van der Waals surface area contributed by atoms with Crippen molar-refractivity contribution >= 4 is 11.3 Å². The van der Waals surface area contributed by atoms with Crippen molar-refractivity contribution < 1.29 is 4.74 Å². The van der Waals surface area contributed by atoms with Crippen LogP contribution in [0.25, 0.3) is 0 Å². The Hall–Kier alpha value is -1.32. The molecule has 0 saturated carbocycles. The van der Waals surface area contributed by atoms with Gasteiger partial charge < -0.3 is 10.5 Å². The molecule has 0 atom stereocenters. The summed E-state index contributed by atoms with van der Waals surface area (Å²) in [5, 5.41) is 0. The Morgan fingerprint density at radius 2 is 1.82 bits per heavy atom. The Bertz CT molecular complexity index is 505. The summed E-state index contributed by atoms with van der Waals surface area (Å²) in [4.78, 5) is 2.41. The quantitative estimate of drug-likeness (QED) is 0.898. The van der Waals surface area contributed by atoms with E-state index in [9.17, 15) is 0 Å². The lowest BCUT2D eigenvalue weighted by Gasteiger charge is -2.07. The summed E-state index contributed by atoms with van der Waals surface area (Å²) in [5.41, 5.74) is 8.13. The highest BCUT2D eigenvalue weighted by atomic mass is 32.1. The third kappa shape index (κ3) is 3.08. The number of nitrogens with two attached hydrogens (primary N) is 1. The molecule has 0 saturated heterocycles. The SMILES string of the molecule is Cc1ccc(OCc2ccc(CN)s2)cc1C. The van der Waals surface area contributed by atoms with Crippen LogP contribution in [0.5, 0.6) is 5.75 Å². The molecule has 90 valence electrons. The van der Waals surface area contributed by atoms with Gasteiger partial charge in [-0.1, -0.05) is 6.07 Å². The molecule has 0 aliphatic heterocycles. The minimum atomic E-state index is 0.605. The maximum Gasteiger partial charge on any atom is 0.122 e. The second kappa shape index (κ2) is 5.34. The largest absolute Gasteiger partial charge is 0.488 e. The van der Waals surface area contributed by atoms with Gasteiger partial charge in [0.05, 0.1) is 0 Å². The van der Waals surface area contributed by atoms with Gasteiger partial charge in [-0.25, -0.2) is 0 Å². The number of hydrogen-bond acceptors (Lipinski definition) is 3. The fourth-order valence-corrected chi connectivity index (χ4v) is 2.38. The first-order chi connectivity index (χ1) is 8.19. The summed E-state index contributed by atoms with van der Waals surface area (Å²) in [6, 6.07) is 10.3. The zero-order chi connectivity index (χ0) is 12.3. The van der Waals surface area contributed by atoms with Crippen molar-refractivity contribution in [1.82, 2.24) is 0 Å². The van der Waals surface area contributed by atoms with E-state index in [-0.39, 0.29) is 0 Å². The van der Waals surface area contributed by atoms with Gasteiger partial charge in [-0.3, -0.25) is 0 Å². The number of rotatable bonds is 4. The van der Waals surface area contributed by atoms with Crippen LogP contribution in [0.1, 0.15) is 20.9 Å². The molecular weight excluding hydrogens is 230 g/mol. The van der Waals surface area contributed by atoms with Crippen molar-refractivity contribution in [3.8, 4) is 5.75 Å². The predicted octanol–water partition coefficient (Wildman–Crippen LogP) is 3.40. The Kier molecular flexibility index (Phi) is 3.82. The lowest BCUT2D eigenvalue weighted by Crippen LogP contribution is -1.94. The molecule has 17 heavy (non-hydrogen) atoms. The topological polar surface area (TPSA) is 35.2 Å². The summed E-state index contributed by atoms with van der Waals surface area (Å²) in [6.45, 7) is 5.42. The molecule has 0 radical (unpaired) electrons. The van der Waals surface area contributed by atoms with Crippen molar-refractivity contribution in [2.45, 2.75) is 27.0 Å². The molecule has 0 fully saturated rings. The highest BCUT2D eigenvalue weighted by molar-refractivity contribution is 7.11. The van der Waals surface area contributed by atoms with Crippen molar-refractivity contribution in [3.05, 3.63) is 51.2 Å². The normalized spacial score (nSPS) is 10.5. The van der Waals surface area contributed by atoms with Gasteiger partial charge in [0.25, 0.3) is 0 Å². The third-order valence-electron chi connectivity index (χ3n) is 2.78. The van der Waals surface area contributed by atoms with E-state index >= 15 is 0 Å². The highest BCUT2D eigenvalue weighted by Gasteiger charge is 2.01. The Morgan fingerprint density at radius 3 is 2.47 bits per heavy atom. The van der Waals surface area contributed by atoms with Crippen LogP contribution >= 0.6 is 11.3 Å². The molecule has 0 amide bonds. The lowest BCUT2D eigenvalue weighted by atomic mass is 10.1. The van der Waals surface area contributed by atoms with Gasteiger partial charge in [0.2, 0.25) is 0 Å². The van der Waals surface area contributed by atoms with Crippen LogP contribution in [0, 0.1) is 13.8 Å². The van der Waals surface area contributed by atoms with Gasteiger partial charge in [-0.15, -0.1) is 11.3 Å². The summed E-state index contributed by atoms with van der Waals surface area (Å²) in [6.07, 6.45) is 0. The van der Waals surface area contributed by atoms with Gasteiger partial charge in [-0.05, 0) is 49.2 Å². The molecule has 1 heterocycles. The number of benzene rings is 1. The molecule has 3 heteroatoms. The number of ether oxygens (including phenoxy) is 1. The van der Waals surface area contributed by atoms with Gasteiger partial charge in [0.1, 0.15) is 12.4 Å². The first-order valence-electron chi connectivity index (χ1n) is 5.67. The smallest absolute Gasteiger partial charge is 0.122 e. The van der Waals surface area contributed by atoms with Crippen LogP contribution < -0.4 is 10.5 Å². The van der Waals surface area contributed by atoms with Gasteiger partial charge in [-0.2, -0.15) is 0 Å². The van der Waals surface area contributed by atoms with Crippen LogP contribution in [0.2, 0.25) is 0 Å². The fraction of sp³-hybridized carbons (Fsp3) is 0.286. The molecule has 0 unspecified atom stereocenters. The van der Waals surface area contributed by atoms with Crippen molar-refractivity contribution in [2.24, 2.45) is 5.73 Å². The number of aryl methyl sites for hydroxylation is 2. The molecule has 2 nitrogen and oxygen atoms in total. The number of hydrogen-bond donors (Lipinski definition) is 1. The Morgan fingerprint density at radius 1 is 1.06 bits per heavy atom. The van der Waals surface area contributed by atoms with E-state index in [1.807, 2.05) is 6.07 Å². The molecule has 0 aliphatic carbocycles. The molecule has 0 bridgehead atoms. The molecule has 0 aliphatic rings. The van der Waals surface area contributed by atoms with Crippen LogP contribution in [0.4, 0.5) is 0 Å². The van der Waals surface area contributed by atoms with Crippen LogP contribution in [0.3, 0.4) is 0 Å². The average Bonchev–Trinajstić information content (AvgIpc) is 2.79. The molecular formula is C14H17NOS. The lowest BCUT2D eigenvalue weighted by molar-refractivity contribution is 0.309. The molecule has 2 aromatic rings. The van der Waals surface area contributed by atoms with E-state index in [0.717, 1.165) is 5.75 Å². The third-order valence-corrected chi connectivity index (χ3v) is 3.86. The van der Waals surface area contributed by atoms with Crippen LogP contribution in [0.15, 0.2) is 30.3 Å².